The Kier molecular flexibility index (Phi) is 5.11. The monoisotopic (exact) mass is 340 g/mol. The predicted octanol–water partition coefficient (Wildman–Crippen LogP) is 5.38. The highest BCUT2D eigenvalue weighted by molar-refractivity contribution is 9.10. The molecule has 2 aromatic rings. The number of ether oxygens (including phenoxy) is 2. The summed E-state index contributed by atoms with van der Waals surface area (Å²) in [5.74, 6) is 2.86. The van der Waals surface area contributed by atoms with Crippen molar-refractivity contribution >= 4 is 27.5 Å². The second-order valence-corrected chi connectivity index (χ2v) is 5.01. The highest BCUT2D eigenvalue weighted by Crippen LogP contribution is 2.28. The molecule has 0 aliphatic rings. The Bertz CT molecular complexity index is 540. The molecule has 0 heterocycles. The molecule has 0 saturated carbocycles. The molecule has 0 radical (unpaired) electrons. The molecule has 0 unspecified atom stereocenters. The summed E-state index contributed by atoms with van der Waals surface area (Å²) in [7, 11) is 0. The van der Waals surface area contributed by atoms with Crippen molar-refractivity contribution in [1.29, 1.82) is 0 Å². The van der Waals surface area contributed by atoms with E-state index in [0.29, 0.717) is 12.5 Å². The summed E-state index contributed by atoms with van der Waals surface area (Å²) < 4.78 is 12.1. The Hall–Kier alpha value is -1.19. The van der Waals surface area contributed by atoms with E-state index in [1.807, 2.05) is 49.4 Å². The highest BCUT2D eigenvalue weighted by Gasteiger charge is 2.03. The summed E-state index contributed by atoms with van der Waals surface area (Å²) in [4.78, 5) is 0. The van der Waals surface area contributed by atoms with E-state index in [4.69, 9.17) is 21.1 Å². The van der Waals surface area contributed by atoms with Crippen molar-refractivity contribution in [1.82, 2.24) is 0 Å². The largest absolute Gasteiger partial charge is 0.494 e. The molecule has 0 aromatic heterocycles. The lowest BCUT2D eigenvalue weighted by Gasteiger charge is -2.09. The highest BCUT2D eigenvalue weighted by atomic mass is 79.9. The minimum Gasteiger partial charge on any atom is -0.494 e. The van der Waals surface area contributed by atoms with Crippen molar-refractivity contribution in [2.24, 2.45) is 0 Å². The molecule has 0 fully saturated rings. The first-order valence-electron chi connectivity index (χ1n) is 5.98. The van der Waals surface area contributed by atoms with Crippen LogP contribution < -0.4 is 9.47 Å². The lowest BCUT2D eigenvalue weighted by molar-refractivity contribution is 0.339. The van der Waals surface area contributed by atoms with E-state index in [9.17, 15) is 0 Å². The molecule has 0 bridgehead atoms. The van der Waals surface area contributed by atoms with Gasteiger partial charge in [-0.15, -0.1) is 11.6 Å². The van der Waals surface area contributed by atoms with Gasteiger partial charge in [-0.2, -0.15) is 0 Å². The first-order valence-corrected chi connectivity index (χ1v) is 7.30. The Morgan fingerprint density at radius 2 is 1.63 bits per heavy atom. The number of rotatable bonds is 5. The fourth-order valence-corrected chi connectivity index (χ4v) is 2.50. The number of alkyl halides is 1. The van der Waals surface area contributed by atoms with Crippen LogP contribution in [0.15, 0.2) is 46.9 Å². The molecular weight excluding hydrogens is 328 g/mol. The van der Waals surface area contributed by atoms with Crippen LogP contribution in [0, 0.1) is 0 Å². The smallest absolute Gasteiger partial charge is 0.128 e. The van der Waals surface area contributed by atoms with Gasteiger partial charge < -0.3 is 9.47 Å². The fourth-order valence-electron chi connectivity index (χ4n) is 1.61. The molecule has 0 amide bonds. The molecule has 4 heteroatoms. The van der Waals surface area contributed by atoms with Gasteiger partial charge in [0.15, 0.2) is 0 Å². The Labute approximate surface area is 126 Å². The van der Waals surface area contributed by atoms with Gasteiger partial charge in [-0.1, -0.05) is 22.0 Å². The van der Waals surface area contributed by atoms with Crippen LogP contribution in [0.3, 0.4) is 0 Å². The van der Waals surface area contributed by atoms with Crippen molar-refractivity contribution < 1.29 is 9.47 Å². The second kappa shape index (κ2) is 6.83. The van der Waals surface area contributed by atoms with Crippen molar-refractivity contribution in [3.05, 3.63) is 52.5 Å². The first kappa shape index (κ1) is 14.2. The van der Waals surface area contributed by atoms with Crippen LogP contribution in [0.25, 0.3) is 0 Å². The van der Waals surface area contributed by atoms with Crippen LogP contribution in [0.2, 0.25) is 0 Å². The van der Waals surface area contributed by atoms with Gasteiger partial charge in [0.25, 0.3) is 0 Å². The van der Waals surface area contributed by atoms with Gasteiger partial charge >= 0.3 is 0 Å². The molecule has 0 aliphatic heterocycles. The zero-order chi connectivity index (χ0) is 13.7. The molecule has 2 rings (SSSR count). The molecule has 0 saturated heterocycles. The van der Waals surface area contributed by atoms with Gasteiger partial charge in [0.05, 0.1) is 6.61 Å². The van der Waals surface area contributed by atoms with Crippen molar-refractivity contribution in [2.75, 3.05) is 6.61 Å². The third-order valence-electron chi connectivity index (χ3n) is 2.54. The van der Waals surface area contributed by atoms with Crippen LogP contribution in [0.5, 0.6) is 17.2 Å². The van der Waals surface area contributed by atoms with Crippen LogP contribution in [0.1, 0.15) is 12.5 Å². The summed E-state index contributed by atoms with van der Waals surface area (Å²) in [6.07, 6.45) is 0. The summed E-state index contributed by atoms with van der Waals surface area (Å²) in [6.45, 7) is 2.62. The van der Waals surface area contributed by atoms with Gasteiger partial charge in [0, 0.05) is 10.4 Å². The standard InChI is InChI=1S/C15H14BrClO2/c1-2-18-12-5-7-13(8-6-12)19-14-4-3-11(10-17)15(16)9-14/h3-9H,2,10H2,1H3. The van der Waals surface area contributed by atoms with E-state index in [1.165, 1.54) is 0 Å². The number of hydrogen-bond donors (Lipinski definition) is 0. The lowest BCUT2D eigenvalue weighted by Crippen LogP contribution is -1.91. The van der Waals surface area contributed by atoms with Crippen molar-refractivity contribution in [2.45, 2.75) is 12.8 Å². The quantitative estimate of drug-likeness (QED) is 0.680. The van der Waals surface area contributed by atoms with E-state index in [0.717, 1.165) is 27.3 Å². The molecule has 2 aromatic carbocycles. The minimum atomic E-state index is 0.476. The number of halogens is 2. The van der Waals surface area contributed by atoms with Crippen molar-refractivity contribution in [3.8, 4) is 17.2 Å². The van der Waals surface area contributed by atoms with Crippen molar-refractivity contribution in [3.63, 3.8) is 0 Å². The summed E-state index contributed by atoms with van der Waals surface area (Å²) in [5.41, 5.74) is 1.04. The molecule has 2 nitrogen and oxygen atoms in total. The van der Waals surface area contributed by atoms with E-state index in [1.54, 1.807) is 0 Å². The molecule has 0 N–H and O–H groups in total. The SMILES string of the molecule is CCOc1ccc(Oc2ccc(CCl)c(Br)c2)cc1. The predicted molar refractivity (Wildman–Crippen MR) is 81.4 cm³/mol. The van der Waals surface area contributed by atoms with E-state index >= 15 is 0 Å². The number of benzene rings is 2. The first-order chi connectivity index (χ1) is 9.22. The third-order valence-corrected chi connectivity index (χ3v) is 3.57. The summed E-state index contributed by atoms with van der Waals surface area (Å²) >= 11 is 9.28. The Balaban J connectivity index is 2.10. The van der Waals surface area contributed by atoms with Gasteiger partial charge in [-0.05, 0) is 48.9 Å². The van der Waals surface area contributed by atoms with Gasteiger partial charge in [-0.3, -0.25) is 0 Å². The average Bonchev–Trinajstić information content (AvgIpc) is 2.42. The van der Waals surface area contributed by atoms with E-state index in [2.05, 4.69) is 15.9 Å². The van der Waals surface area contributed by atoms with Gasteiger partial charge in [0.1, 0.15) is 17.2 Å². The Morgan fingerprint density at radius 3 is 2.21 bits per heavy atom. The fraction of sp³-hybridized carbons (Fsp3) is 0.200. The van der Waals surface area contributed by atoms with Gasteiger partial charge in [-0.25, -0.2) is 0 Å². The van der Waals surface area contributed by atoms with Crippen LogP contribution in [0.4, 0.5) is 0 Å². The maximum absolute atomic E-state index is 5.81. The second-order valence-electron chi connectivity index (χ2n) is 3.89. The van der Waals surface area contributed by atoms with Crippen LogP contribution >= 0.6 is 27.5 Å². The van der Waals surface area contributed by atoms with Crippen LogP contribution in [-0.4, -0.2) is 6.61 Å². The molecule has 0 atom stereocenters. The topological polar surface area (TPSA) is 18.5 Å². The molecule has 0 spiro atoms. The maximum Gasteiger partial charge on any atom is 0.128 e. The Morgan fingerprint density at radius 1 is 1.00 bits per heavy atom. The zero-order valence-electron chi connectivity index (χ0n) is 10.5. The lowest BCUT2D eigenvalue weighted by atomic mass is 10.2. The average molecular weight is 342 g/mol. The maximum atomic E-state index is 5.81. The zero-order valence-corrected chi connectivity index (χ0v) is 12.9. The third kappa shape index (κ3) is 3.88. The molecule has 19 heavy (non-hydrogen) atoms. The molecule has 0 aliphatic carbocycles. The minimum absolute atomic E-state index is 0.476. The molecular formula is C15H14BrClO2. The normalized spacial score (nSPS) is 10.3. The van der Waals surface area contributed by atoms with E-state index < -0.39 is 0 Å². The summed E-state index contributed by atoms with van der Waals surface area (Å²) in [6, 6.07) is 13.3. The van der Waals surface area contributed by atoms with E-state index in [-0.39, 0.29) is 0 Å². The van der Waals surface area contributed by atoms with Crippen LogP contribution in [-0.2, 0) is 5.88 Å². The molecule has 100 valence electrons. The summed E-state index contributed by atoms with van der Waals surface area (Å²) in [5, 5.41) is 0. The number of hydrogen-bond acceptors (Lipinski definition) is 2. The van der Waals surface area contributed by atoms with Gasteiger partial charge in [0.2, 0.25) is 0 Å².